The van der Waals surface area contributed by atoms with Crippen molar-refractivity contribution >= 4 is 10.0 Å². The lowest BCUT2D eigenvalue weighted by molar-refractivity contribution is 0.540. The summed E-state index contributed by atoms with van der Waals surface area (Å²) in [5, 5.41) is 0.0758. The van der Waals surface area contributed by atoms with Crippen molar-refractivity contribution in [3.8, 4) is 0 Å². The zero-order valence-corrected chi connectivity index (χ0v) is 9.63. The van der Waals surface area contributed by atoms with Crippen molar-refractivity contribution in [1.29, 1.82) is 0 Å². The molecule has 0 aliphatic rings. The number of hydrogen-bond acceptors (Lipinski definition) is 4. The number of hydrogen-bond donors (Lipinski definition) is 3. The number of nitrogens with one attached hydrogen (secondary N) is 2. The molecule has 86 valence electrons. The van der Waals surface area contributed by atoms with Crippen molar-refractivity contribution in [1.82, 2.24) is 14.7 Å². The van der Waals surface area contributed by atoms with Gasteiger partial charge in [-0.2, -0.15) is 0 Å². The van der Waals surface area contributed by atoms with Gasteiger partial charge < -0.3 is 10.7 Å². The van der Waals surface area contributed by atoms with Crippen LogP contribution in [0.3, 0.4) is 0 Å². The first kappa shape index (κ1) is 12.2. The van der Waals surface area contributed by atoms with E-state index < -0.39 is 10.0 Å². The monoisotopic (exact) mass is 232 g/mol. The van der Waals surface area contributed by atoms with Crippen molar-refractivity contribution < 1.29 is 8.42 Å². The SMILES string of the molecule is CCC(CN)NS(=O)(=O)c1cnc(C)[nH]1. The molecule has 0 fully saturated rings. The van der Waals surface area contributed by atoms with E-state index in [-0.39, 0.29) is 17.6 Å². The largest absolute Gasteiger partial charge is 0.332 e. The van der Waals surface area contributed by atoms with Crippen LogP contribution >= 0.6 is 0 Å². The van der Waals surface area contributed by atoms with E-state index in [4.69, 9.17) is 5.73 Å². The van der Waals surface area contributed by atoms with E-state index in [2.05, 4.69) is 14.7 Å². The molecule has 6 nitrogen and oxygen atoms in total. The maximum Gasteiger partial charge on any atom is 0.257 e. The molecule has 1 atom stereocenters. The molecular formula is C8H16N4O2S. The molecule has 4 N–H and O–H groups in total. The highest BCUT2D eigenvalue weighted by Gasteiger charge is 2.19. The van der Waals surface area contributed by atoms with Crippen molar-refractivity contribution in [2.45, 2.75) is 31.3 Å². The zero-order chi connectivity index (χ0) is 11.5. The van der Waals surface area contributed by atoms with E-state index in [9.17, 15) is 8.42 Å². The summed E-state index contributed by atoms with van der Waals surface area (Å²) in [6.45, 7) is 3.85. The van der Waals surface area contributed by atoms with Gasteiger partial charge in [-0.3, -0.25) is 0 Å². The van der Waals surface area contributed by atoms with Crippen molar-refractivity contribution in [3.05, 3.63) is 12.0 Å². The average Bonchev–Trinajstić information content (AvgIpc) is 2.62. The molecule has 1 aromatic heterocycles. The van der Waals surface area contributed by atoms with Crippen LogP contribution < -0.4 is 10.5 Å². The van der Waals surface area contributed by atoms with Crippen LogP contribution in [0.1, 0.15) is 19.2 Å². The summed E-state index contributed by atoms with van der Waals surface area (Å²) in [4.78, 5) is 6.50. The Balaban J connectivity index is 2.84. The van der Waals surface area contributed by atoms with Crippen molar-refractivity contribution in [2.75, 3.05) is 6.54 Å². The predicted molar refractivity (Wildman–Crippen MR) is 56.8 cm³/mol. The molecule has 1 unspecified atom stereocenters. The van der Waals surface area contributed by atoms with Gasteiger partial charge in [-0.25, -0.2) is 18.1 Å². The van der Waals surface area contributed by atoms with Crippen LogP contribution in [0.2, 0.25) is 0 Å². The van der Waals surface area contributed by atoms with Crippen LogP contribution in [-0.2, 0) is 10.0 Å². The minimum atomic E-state index is -3.51. The summed E-state index contributed by atoms with van der Waals surface area (Å²) >= 11 is 0. The highest BCUT2D eigenvalue weighted by atomic mass is 32.2. The van der Waals surface area contributed by atoms with E-state index in [1.165, 1.54) is 6.20 Å². The minimum absolute atomic E-state index is 0.0758. The van der Waals surface area contributed by atoms with Gasteiger partial charge in [-0.15, -0.1) is 0 Å². The smallest absolute Gasteiger partial charge is 0.257 e. The number of rotatable bonds is 5. The van der Waals surface area contributed by atoms with E-state index >= 15 is 0 Å². The van der Waals surface area contributed by atoms with E-state index in [1.807, 2.05) is 6.92 Å². The van der Waals surface area contributed by atoms with Crippen LogP contribution in [0.15, 0.2) is 11.2 Å². The first-order chi connectivity index (χ1) is 6.99. The molecule has 7 heteroatoms. The van der Waals surface area contributed by atoms with Gasteiger partial charge in [0, 0.05) is 12.6 Å². The van der Waals surface area contributed by atoms with Gasteiger partial charge in [0.1, 0.15) is 5.82 Å². The summed E-state index contributed by atoms with van der Waals surface area (Å²) in [5.41, 5.74) is 5.42. The van der Waals surface area contributed by atoms with Crippen LogP contribution in [0.5, 0.6) is 0 Å². The molecular weight excluding hydrogens is 216 g/mol. The van der Waals surface area contributed by atoms with Crippen LogP contribution in [0.4, 0.5) is 0 Å². The Hall–Kier alpha value is -0.920. The molecule has 0 radical (unpaired) electrons. The molecule has 1 aromatic rings. The molecule has 0 bridgehead atoms. The maximum absolute atomic E-state index is 11.7. The number of sulfonamides is 1. The number of H-pyrrole nitrogens is 1. The zero-order valence-electron chi connectivity index (χ0n) is 8.82. The lowest BCUT2D eigenvalue weighted by Crippen LogP contribution is -2.39. The summed E-state index contributed by atoms with van der Waals surface area (Å²) in [7, 11) is -3.51. The number of aryl methyl sites for hydroxylation is 1. The summed E-state index contributed by atoms with van der Waals surface area (Å²) < 4.78 is 26.0. The number of nitrogens with zero attached hydrogens (tertiary/aromatic N) is 1. The number of imidazole rings is 1. The average molecular weight is 232 g/mol. The highest BCUT2D eigenvalue weighted by Crippen LogP contribution is 2.06. The van der Waals surface area contributed by atoms with Gasteiger partial charge in [-0.05, 0) is 13.3 Å². The van der Waals surface area contributed by atoms with Crippen LogP contribution in [-0.4, -0.2) is 31.0 Å². The molecule has 0 saturated heterocycles. The Kier molecular flexibility index (Phi) is 3.83. The lowest BCUT2D eigenvalue weighted by Gasteiger charge is -2.13. The first-order valence-corrected chi connectivity index (χ1v) is 6.22. The summed E-state index contributed by atoms with van der Waals surface area (Å²) in [5.74, 6) is 0.566. The van der Waals surface area contributed by atoms with Crippen LogP contribution in [0, 0.1) is 6.92 Å². The molecule has 1 rings (SSSR count). The molecule has 15 heavy (non-hydrogen) atoms. The predicted octanol–water partition coefficient (Wildman–Crippen LogP) is -0.266. The Morgan fingerprint density at radius 3 is 2.73 bits per heavy atom. The Bertz CT molecular complexity index is 408. The first-order valence-electron chi connectivity index (χ1n) is 4.73. The topological polar surface area (TPSA) is 101 Å². The maximum atomic E-state index is 11.7. The third-order valence-electron chi connectivity index (χ3n) is 2.07. The fraction of sp³-hybridized carbons (Fsp3) is 0.625. The molecule has 0 aliphatic heterocycles. The Morgan fingerprint density at radius 1 is 1.67 bits per heavy atom. The van der Waals surface area contributed by atoms with Gasteiger partial charge in [0.15, 0.2) is 5.03 Å². The lowest BCUT2D eigenvalue weighted by atomic mass is 10.2. The van der Waals surface area contributed by atoms with Crippen LogP contribution in [0.25, 0.3) is 0 Å². The van der Waals surface area contributed by atoms with Crippen molar-refractivity contribution in [3.63, 3.8) is 0 Å². The van der Waals surface area contributed by atoms with E-state index in [0.717, 1.165) is 0 Å². The minimum Gasteiger partial charge on any atom is -0.332 e. The third kappa shape index (κ3) is 3.01. The van der Waals surface area contributed by atoms with Crippen molar-refractivity contribution in [2.24, 2.45) is 5.73 Å². The second-order valence-corrected chi connectivity index (χ2v) is 4.98. The molecule has 0 saturated carbocycles. The summed E-state index contributed by atoms with van der Waals surface area (Å²) in [6, 6.07) is -0.237. The van der Waals surface area contributed by atoms with Gasteiger partial charge in [-0.1, -0.05) is 6.92 Å². The van der Waals surface area contributed by atoms with Gasteiger partial charge >= 0.3 is 0 Å². The molecule has 0 spiro atoms. The highest BCUT2D eigenvalue weighted by molar-refractivity contribution is 7.89. The second kappa shape index (κ2) is 4.73. The number of nitrogens with two attached hydrogens (primary N) is 1. The molecule has 0 amide bonds. The second-order valence-electron chi connectivity index (χ2n) is 3.30. The fourth-order valence-corrected chi connectivity index (χ4v) is 2.42. The molecule has 1 heterocycles. The van der Waals surface area contributed by atoms with Gasteiger partial charge in [0.25, 0.3) is 10.0 Å². The summed E-state index contributed by atoms with van der Waals surface area (Å²) in [6.07, 6.45) is 1.95. The molecule has 0 aliphatic carbocycles. The fourth-order valence-electron chi connectivity index (χ4n) is 1.12. The van der Waals surface area contributed by atoms with Gasteiger partial charge in [0.05, 0.1) is 6.20 Å². The van der Waals surface area contributed by atoms with Gasteiger partial charge in [0.2, 0.25) is 0 Å². The van der Waals surface area contributed by atoms with E-state index in [0.29, 0.717) is 12.2 Å². The quantitative estimate of drug-likeness (QED) is 0.650. The Morgan fingerprint density at radius 2 is 2.33 bits per heavy atom. The Labute approximate surface area is 89.3 Å². The number of aromatic nitrogens is 2. The normalized spacial score (nSPS) is 14.1. The molecule has 0 aromatic carbocycles. The standard InChI is InChI=1S/C8H16N4O2S/c1-3-7(4-9)12-15(13,14)8-5-10-6(2)11-8/h5,7,12H,3-4,9H2,1-2H3,(H,10,11). The number of aromatic amines is 1. The third-order valence-corrected chi connectivity index (χ3v) is 3.50. The van der Waals surface area contributed by atoms with E-state index in [1.54, 1.807) is 6.92 Å².